The first kappa shape index (κ1) is 24.2. The van der Waals surface area contributed by atoms with E-state index in [1.165, 1.54) is 32.7 Å². The topological polar surface area (TPSA) is 27.1 Å². The van der Waals surface area contributed by atoms with Crippen molar-refractivity contribution in [3.05, 3.63) is 144 Å². The summed E-state index contributed by atoms with van der Waals surface area (Å²) in [5, 5.41) is 4.79. The quantitative estimate of drug-likeness (QED) is 0.206. The van der Waals surface area contributed by atoms with Crippen LogP contribution < -0.4 is 0 Å². The minimum Gasteiger partial charge on any atom is -0.307 e. The lowest BCUT2D eigenvalue weighted by Gasteiger charge is -2.20. The predicted octanol–water partition coefficient (Wildman–Crippen LogP) is 10.1. The molecule has 0 spiro atoms. The fourth-order valence-corrected chi connectivity index (χ4v) is 6.53. The number of rotatable bonds is 3. The number of hydrogen-bond donors (Lipinski definition) is 0. The number of aromatic nitrogens is 3. The van der Waals surface area contributed by atoms with Crippen LogP contribution in [-0.4, -0.2) is 14.1 Å². The highest BCUT2D eigenvalue weighted by atomic mass is 15.0. The van der Waals surface area contributed by atoms with Gasteiger partial charge in [0.2, 0.25) is 0 Å². The molecule has 198 valence electrons. The monoisotopic (exact) mass is 538 g/mol. The number of benzene rings is 5. The normalized spacial score (nSPS) is 11.5. The summed E-state index contributed by atoms with van der Waals surface area (Å²) in [6, 6.07) is 38.2. The smallest absolute Gasteiger partial charge is 0.195 e. The van der Waals surface area contributed by atoms with Crippen LogP contribution in [0.1, 0.15) is 11.1 Å². The van der Waals surface area contributed by atoms with E-state index < -0.39 is 0 Å². The second-order valence-corrected chi connectivity index (χ2v) is 10.9. The molecule has 8 rings (SSSR count). The number of aryl methyl sites for hydroxylation is 2. The van der Waals surface area contributed by atoms with Crippen molar-refractivity contribution in [2.75, 3.05) is 0 Å². The number of nitrogens with zero attached hydrogens (tertiary/aromatic N) is 4. The molecule has 0 atom stereocenters. The molecule has 8 aromatic rings. The Labute approximate surface area is 243 Å². The number of fused-ring (bicyclic) bond motifs is 6. The zero-order valence-corrected chi connectivity index (χ0v) is 23.3. The van der Waals surface area contributed by atoms with Gasteiger partial charge in [-0.15, -0.1) is 0 Å². The van der Waals surface area contributed by atoms with Gasteiger partial charge in [-0.25, -0.2) is 4.85 Å². The van der Waals surface area contributed by atoms with E-state index >= 15 is 0 Å². The van der Waals surface area contributed by atoms with Crippen LogP contribution in [0, 0.1) is 20.4 Å². The molecule has 0 fully saturated rings. The van der Waals surface area contributed by atoms with Crippen molar-refractivity contribution >= 4 is 49.3 Å². The van der Waals surface area contributed by atoms with Crippen LogP contribution in [0.3, 0.4) is 0 Å². The summed E-state index contributed by atoms with van der Waals surface area (Å²) in [6.07, 6.45) is 3.90. The van der Waals surface area contributed by atoms with E-state index in [0.29, 0.717) is 5.69 Å². The number of para-hydroxylation sites is 3. The second kappa shape index (κ2) is 9.19. The average Bonchev–Trinajstić information content (AvgIpc) is 3.52. The maximum absolute atomic E-state index is 8.09. The van der Waals surface area contributed by atoms with Crippen molar-refractivity contribution in [3.8, 4) is 22.5 Å². The van der Waals surface area contributed by atoms with Crippen LogP contribution in [0.25, 0.3) is 71.0 Å². The maximum Gasteiger partial charge on any atom is 0.195 e. The van der Waals surface area contributed by atoms with Gasteiger partial charge in [-0.2, -0.15) is 0 Å². The Morgan fingerprint density at radius 2 is 1.02 bits per heavy atom. The van der Waals surface area contributed by atoms with E-state index in [9.17, 15) is 0 Å². The molecule has 0 N–H and O–H groups in total. The van der Waals surface area contributed by atoms with Gasteiger partial charge >= 0.3 is 0 Å². The van der Waals surface area contributed by atoms with Gasteiger partial charge in [-0.3, -0.25) is 4.98 Å². The highest BCUT2D eigenvalue weighted by Gasteiger charge is 2.23. The summed E-state index contributed by atoms with van der Waals surface area (Å²) in [5.74, 6) is 0. The Balaban J connectivity index is 1.58. The van der Waals surface area contributed by atoms with Crippen LogP contribution in [0.4, 0.5) is 5.69 Å². The predicted molar refractivity (Wildman–Crippen MR) is 174 cm³/mol. The third kappa shape index (κ3) is 3.44. The molecule has 0 aliphatic heterocycles. The molecule has 0 aliphatic rings. The van der Waals surface area contributed by atoms with Crippen molar-refractivity contribution in [1.29, 1.82) is 0 Å². The molecular formula is C38H26N4. The molecule has 4 heteroatoms. The van der Waals surface area contributed by atoms with Crippen LogP contribution in [0.2, 0.25) is 0 Å². The van der Waals surface area contributed by atoms with Crippen molar-refractivity contribution < 1.29 is 0 Å². The summed E-state index contributed by atoms with van der Waals surface area (Å²) < 4.78 is 4.63. The van der Waals surface area contributed by atoms with E-state index in [-0.39, 0.29) is 0 Å². The van der Waals surface area contributed by atoms with Crippen molar-refractivity contribution in [2.45, 2.75) is 13.8 Å². The molecule has 0 aliphatic carbocycles. The van der Waals surface area contributed by atoms with Crippen LogP contribution in [-0.2, 0) is 0 Å². The van der Waals surface area contributed by atoms with Gasteiger partial charge < -0.3 is 9.13 Å². The maximum atomic E-state index is 8.09. The first-order valence-electron chi connectivity index (χ1n) is 14.1. The largest absolute Gasteiger partial charge is 0.307 e. The summed E-state index contributed by atoms with van der Waals surface area (Å²) in [6.45, 7) is 12.4. The lowest BCUT2D eigenvalue weighted by atomic mass is 10.0. The van der Waals surface area contributed by atoms with Gasteiger partial charge in [-0.05, 0) is 55.8 Å². The Morgan fingerprint density at radius 3 is 1.57 bits per heavy atom. The van der Waals surface area contributed by atoms with Crippen LogP contribution in [0.5, 0.6) is 0 Å². The zero-order valence-electron chi connectivity index (χ0n) is 23.3. The number of hydrogen-bond acceptors (Lipinski definition) is 1. The molecule has 0 amide bonds. The van der Waals surface area contributed by atoms with Crippen molar-refractivity contribution in [1.82, 2.24) is 14.1 Å². The fourth-order valence-electron chi connectivity index (χ4n) is 6.53. The highest BCUT2D eigenvalue weighted by Crippen LogP contribution is 2.44. The van der Waals surface area contributed by atoms with E-state index in [2.05, 4.69) is 119 Å². The molecule has 0 radical (unpaired) electrons. The minimum absolute atomic E-state index is 0.611. The summed E-state index contributed by atoms with van der Waals surface area (Å²) in [5.41, 5.74) is 11.2. The Hall–Kier alpha value is -5.66. The molecule has 42 heavy (non-hydrogen) atoms. The molecule has 0 unspecified atom stereocenters. The molecule has 3 aromatic heterocycles. The van der Waals surface area contributed by atoms with E-state index in [1.807, 2.05) is 30.6 Å². The van der Waals surface area contributed by atoms with Gasteiger partial charge in [0.15, 0.2) is 5.69 Å². The summed E-state index contributed by atoms with van der Waals surface area (Å²) >= 11 is 0. The molecule has 3 heterocycles. The summed E-state index contributed by atoms with van der Waals surface area (Å²) in [4.78, 5) is 8.86. The first-order chi connectivity index (χ1) is 20.6. The standard InChI is InChI=1S/C38H26N4/c1-24-16-18-34-29(20-24)26-10-5-8-14-32(26)41(34)36-22-40-23-37(38(36)28-12-4-7-13-31(28)39-3)42-33-15-9-6-11-27(33)30-21-25(2)17-19-35(30)42/h4-23H,1-2H3. The van der Waals surface area contributed by atoms with Crippen LogP contribution in [0.15, 0.2) is 122 Å². The second-order valence-electron chi connectivity index (χ2n) is 10.9. The molecular weight excluding hydrogens is 512 g/mol. The summed E-state index contributed by atoms with van der Waals surface area (Å²) in [7, 11) is 0. The molecule has 0 saturated carbocycles. The molecule has 5 aromatic carbocycles. The van der Waals surface area contributed by atoms with Crippen molar-refractivity contribution in [3.63, 3.8) is 0 Å². The van der Waals surface area contributed by atoms with Gasteiger partial charge in [0.25, 0.3) is 0 Å². The third-order valence-electron chi connectivity index (χ3n) is 8.34. The fraction of sp³-hybridized carbons (Fsp3) is 0.0526. The molecule has 4 nitrogen and oxygen atoms in total. The Morgan fingerprint density at radius 1 is 0.548 bits per heavy atom. The van der Waals surface area contributed by atoms with E-state index in [0.717, 1.165) is 44.6 Å². The first-order valence-corrected chi connectivity index (χ1v) is 14.1. The van der Waals surface area contributed by atoms with E-state index in [1.54, 1.807) is 0 Å². The SMILES string of the molecule is [C-]#[N+]c1ccccc1-c1c(-n2c3ccccc3c3cc(C)ccc32)cncc1-n1c2ccccc2c2cc(C)ccc21. The molecule has 0 saturated heterocycles. The molecule has 0 bridgehead atoms. The van der Waals surface area contributed by atoms with Crippen LogP contribution >= 0.6 is 0 Å². The highest BCUT2D eigenvalue weighted by molar-refractivity contribution is 6.12. The Kier molecular flexibility index (Phi) is 5.29. The third-order valence-corrected chi connectivity index (χ3v) is 8.34. The zero-order chi connectivity index (χ0) is 28.4. The van der Waals surface area contributed by atoms with Gasteiger partial charge in [-0.1, -0.05) is 83.9 Å². The van der Waals surface area contributed by atoms with Gasteiger partial charge in [0, 0.05) is 27.1 Å². The minimum atomic E-state index is 0.611. The average molecular weight is 539 g/mol. The lowest BCUT2D eigenvalue weighted by molar-refractivity contribution is 1.09. The van der Waals surface area contributed by atoms with Crippen molar-refractivity contribution in [2.24, 2.45) is 0 Å². The lowest BCUT2D eigenvalue weighted by Crippen LogP contribution is -2.05. The Bertz CT molecular complexity index is 2260. The van der Waals surface area contributed by atoms with Gasteiger partial charge in [0.1, 0.15) is 0 Å². The number of pyridine rings is 1. The van der Waals surface area contributed by atoms with Gasteiger partial charge in [0.05, 0.1) is 52.4 Å². The van der Waals surface area contributed by atoms with E-state index in [4.69, 9.17) is 11.6 Å².